The zero-order chi connectivity index (χ0) is 43.2. The highest BCUT2D eigenvalue weighted by molar-refractivity contribution is 5.88. The Hall–Kier alpha value is -5.62. The highest BCUT2D eigenvalue weighted by atomic mass is 16.5. The van der Waals surface area contributed by atoms with Crippen LogP contribution < -0.4 is 9.47 Å². The molecule has 0 amide bonds. The first-order valence-electron chi connectivity index (χ1n) is 24.0. The summed E-state index contributed by atoms with van der Waals surface area (Å²) in [6.45, 7) is 8.35. The third-order valence-electron chi connectivity index (χ3n) is 14.4. The van der Waals surface area contributed by atoms with Gasteiger partial charge >= 0.3 is 0 Å². The van der Waals surface area contributed by atoms with E-state index >= 15 is 0 Å². The number of aryl methyl sites for hydroxylation is 6. The van der Waals surface area contributed by atoms with Crippen LogP contribution in [0.1, 0.15) is 127 Å². The quantitative estimate of drug-likeness (QED) is 0.143. The van der Waals surface area contributed by atoms with E-state index in [0.717, 1.165) is 73.6 Å². The van der Waals surface area contributed by atoms with Crippen molar-refractivity contribution in [1.29, 1.82) is 0 Å². The second-order valence-electron chi connectivity index (χ2n) is 19.1. The molecule has 2 heterocycles. The van der Waals surface area contributed by atoms with Gasteiger partial charge in [0.05, 0.1) is 12.2 Å². The van der Waals surface area contributed by atoms with Gasteiger partial charge in [-0.1, -0.05) is 12.1 Å². The average Bonchev–Trinajstić information content (AvgIpc) is 3.29. The van der Waals surface area contributed by atoms with E-state index in [1.54, 1.807) is 12.4 Å². The Labute approximate surface area is 373 Å². The van der Waals surface area contributed by atoms with E-state index in [1.165, 1.54) is 107 Å². The van der Waals surface area contributed by atoms with Crippen molar-refractivity contribution in [3.63, 3.8) is 0 Å². The van der Waals surface area contributed by atoms with Crippen LogP contribution in [0.4, 0.5) is 0 Å². The first kappa shape index (κ1) is 41.4. The maximum absolute atomic E-state index is 12.3. The van der Waals surface area contributed by atoms with Crippen molar-refractivity contribution in [2.45, 2.75) is 149 Å². The summed E-state index contributed by atoms with van der Waals surface area (Å²) in [5.74, 6) is 1.81. The van der Waals surface area contributed by atoms with E-state index in [9.17, 15) is 10.2 Å². The van der Waals surface area contributed by atoms with Crippen LogP contribution in [0.5, 0.6) is 23.0 Å². The van der Waals surface area contributed by atoms with Gasteiger partial charge in [0.15, 0.2) is 0 Å². The lowest BCUT2D eigenvalue weighted by Crippen LogP contribution is -2.23. The van der Waals surface area contributed by atoms with Crippen LogP contribution in [-0.2, 0) is 51.4 Å². The first-order chi connectivity index (χ1) is 30.7. The monoisotopic (exact) mass is 838 g/mol. The lowest BCUT2D eigenvalue weighted by Gasteiger charge is -2.29. The summed E-state index contributed by atoms with van der Waals surface area (Å²) in [7, 11) is 0. The van der Waals surface area contributed by atoms with Crippen LogP contribution in [0, 0.1) is 13.8 Å². The zero-order valence-electron chi connectivity index (χ0n) is 37.7. The second kappa shape index (κ2) is 17.5. The van der Waals surface area contributed by atoms with Crippen molar-refractivity contribution < 1.29 is 19.7 Å². The number of fused-ring (bicyclic) bond motifs is 4. The van der Waals surface area contributed by atoms with Crippen LogP contribution >= 0.6 is 0 Å². The molecule has 4 aliphatic rings. The Bertz CT molecular complexity index is 2460. The number of nitrogens with zero attached hydrogens (tertiary/aromatic N) is 2. The normalized spacial score (nSPS) is 16.6. The van der Waals surface area contributed by atoms with Crippen LogP contribution in [0.3, 0.4) is 0 Å². The Morgan fingerprint density at radius 2 is 0.810 bits per heavy atom. The van der Waals surface area contributed by atoms with Gasteiger partial charge in [-0.25, -0.2) is 0 Å². The average molecular weight is 839 g/mol. The predicted molar refractivity (Wildman–Crippen MR) is 254 cm³/mol. The van der Waals surface area contributed by atoms with Gasteiger partial charge in [0.2, 0.25) is 0 Å². The van der Waals surface area contributed by atoms with Crippen molar-refractivity contribution in [3.8, 4) is 67.8 Å². The molecule has 324 valence electrons. The number of phenolic OH excluding ortho intramolecular Hbond substituents is 2. The summed E-state index contributed by atoms with van der Waals surface area (Å²) in [4.78, 5) is 9.70. The van der Waals surface area contributed by atoms with Gasteiger partial charge in [0.25, 0.3) is 0 Å². The number of rotatable bonds is 10. The number of aromatic hydroxyl groups is 2. The zero-order valence-corrected chi connectivity index (χ0v) is 37.7. The number of phenols is 2. The first-order valence-corrected chi connectivity index (χ1v) is 24.0. The summed E-state index contributed by atoms with van der Waals surface area (Å²) < 4.78 is 13.5. The molecule has 4 aromatic carbocycles. The molecule has 6 heteroatoms. The van der Waals surface area contributed by atoms with Crippen LogP contribution in [-0.4, -0.2) is 32.4 Å². The molecular weight excluding hydrogens is 777 g/mol. The Kier molecular flexibility index (Phi) is 11.5. The fourth-order valence-corrected chi connectivity index (χ4v) is 11.6. The number of pyridine rings is 2. The van der Waals surface area contributed by atoms with Crippen molar-refractivity contribution in [2.75, 3.05) is 0 Å². The molecule has 4 aliphatic carbocycles. The maximum atomic E-state index is 12.3. The minimum absolute atomic E-state index is 0.239. The molecule has 2 atom stereocenters. The molecule has 0 saturated carbocycles. The Morgan fingerprint density at radius 1 is 0.476 bits per heavy atom. The molecule has 0 spiro atoms. The molecule has 10 rings (SSSR count). The number of hydrogen-bond donors (Lipinski definition) is 2. The number of ether oxygens (including phenoxy) is 2. The van der Waals surface area contributed by atoms with Gasteiger partial charge in [-0.15, -0.1) is 0 Å². The summed E-state index contributed by atoms with van der Waals surface area (Å²) in [6.07, 6.45) is 22.0. The fourth-order valence-electron chi connectivity index (χ4n) is 11.6. The molecule has 0 radical (unpaired) electrons. The Balaban J connectivity index is 0.923. The van der Waals surface area contributed by atoms with E-state index < -0.39 is 0 Å². The van der Waals surface area contributed by atoms with Gasteiger partial charge in [0, 0.05) is 41.1 Å². The SMILES string of the molecule is Cc1cc(-c2ncccc2OC(C)CC(C)Oc2cccnc2-c2cc(C)cc(-c3c4c(cc5c3CCCC5)CCCC4)c2O)c(O)c(-c2c3c(cc4c2CCCC4)CCCC3)c1. The molecule has 0 aliphatic heterocycles. The standard InChI is InChI=1S/C57H62N2O4/c1-34-27-46(52-42-19-9-5-15-38(42)32-39-16-6-10-20-43(39)52)56(60)48(29-34)54-50(23-13-25-58-54)62-36(3)31-37(4)63-51-24-14-26-59-55(51)49-30-35(2)28-47(57(49)61)53-44-21-11-7-17-40(44)33-41-18-8-12-22-45(41)53/h13-14,23-30,32-33,36-37,60-61H,5-12,15-22,31H2,1-4H3. The molecule has 6 aromatic rings. The van der Waals surface area contributed by atoms with Gasteiger partial charge in [0.1, 0.15) is 34.4 Å². The Morgan fingerprint density at radius 3 is 1.17 bits per heavy atom. The number of aromatic nitrogens is 2. The highest BCUT2D eigenvalue weighted by Crippen LogP contribution is 2.49. The van der Waals surface area contributed by atoms with Crippen molar-refractivity contribution in [3.05, 3.63) is 129 Å². The van der Waals surface area contributed by atoms with E-state index in [4.69, 9.17) is 19.4 Å². The van der Waals surface area contributed by atoms with Crippen molar-refractivity contribution in [1.82, 2.24) is 9.97 Å². The van der Waals surface area contributed by atoms with Gasteiger partial charge < -0.3 is 19.7 Å². The highest BCUT2D eigenvalue weighted by Gasteiger charge is 2.29. The minimum Gasteiger partial charge on any atom is -0.507 e. The van der Waals surface area contributed by atoms with Crippen LogP contribution in [0.25, 0.3) is 44.8 Å². The number of hydrogen-bond acceptors (Lipinski definition) is 6. The molecule has 0 saturated heterocycles. The second-order valence-corrected chi connectivity index (χ2v) is 19.1. The van der Waals surface area contributed by atoms with E-state index in [2.05, 4.69) is 52.0 Å². The van der Waals surface area contributed by atoms with E-state index in [0.29, 0.717) is 40.4 Å². The summed E-state index contributed by atoms with van der Waals surface area (Å²) >= 11 is 0. The predicted octanol–water partition coefficient (Wildman–Crippen LogP) is 13.3. The molecule has 0 bridgehead atoms. The summed E-state index contributed by atoms with van der Waals surface area (Å²) in [5, 5.41) is 24.6. The van der Waals surface area contributed by atoms with Gasteiger partial charge in [-0.3, -0.25) is 9.97 Å². The lowest BCUT2D eigenvalue weighted by atomic mass is 9.76. The third kappa shape index (κ3) is 8.00. The summed E-state index contributed by atoms with van der Waals surface area (Å²) in [6, 6.07) is 21.1. The minimum atomic E-state index is -0.239. The molecule has 0 fully saturated rings. The van der Waals surface area contributed by atoms with Gasteiger partial charge in [-0.2, -0.15) is 0 Å². The lowest BCUT2D eigenvalue weighted by molar-refractivity contribution is 0.131. The van der Waals surface area contributed by atoms with Crippen molar-refractivity contribution >= 4 is 0 Å². The van der Waals surface area contributed by atoms with Crippen LogP contribution in [0.2, 0.25) is 0 Å². The molecular formula is C57H62N2O4. The third-order valence-corrected chi connectivity index (χ3v) is 14.4. The van der Waals surface area contributed by atoms with E-state index in [-0.39, 0.29) is 23.7 Å². The largest absolute Gasteiger partial charge is 0.507 e. The summed E-state index contributed by atoms with van der Waals surface area (Å²) in [5.41, 5.74) is 20.8. The molecule has 63 heavy (non-hydrogen) atoms. The van der Waals surface area contributed by atoms with Crippen molar-refractivity contribution in [2.24, 2.45) is 0 Å². The van der Waals surface area contributed by atoms with E-state index in [1.807, 2.05) is 36.4 Å². The fraction of sp³-hybridized carbons (Fsp3) is 0.404. The smallest absolute Gasteiger partial charge is 0.146 e. The molecule has 2 unspecified atom stereocenters. The molecule has 2 N–H and O–H groups in total. The molecule has 6 nitrogen and oxygen atoms in total. The number of benzene rings is 4. The maximum Gasteiger partial charge on any atom is 0.146 e. The van der Waals surface area contributed by atoms with Crippen LogP contribution in [0.15, 0.2) is 73.1 Å². The van der Waals surface area contributed by atoms with Gasteiger partial charge in [-0.05, 0) is 246 Å². The molecule has 2 aromatic heterocycles. The topological polar surface area (TPSA) is 84.7 Å².